The zero-order valence-corrected chi connectivity index (χ0v) is 18.8. The number of nitrogens with zero attached hydrogens (tertiary/aromatic N) is 3. The molecular weight excluding hydrogens is 414 g/mol. The third-order valence-corrected chi connectivity index (χ3v) is 8.62. The number of hydrogen-bond donors (Lipinski definition) is 2. The van der Waals surface area contributed by atoms with Gasteiger partial charge in [0.25, 0.3) is 5.91 Å². The Hall–Kier alpha value is -2.03. The van der Waals surface area contributed by atoms with Crippen LogP contribution < -0.4 is 15.5 Å². The summed E-state index contributed by atoms with van der Waals surface area (Å²) in [6.45, 7) is 4.97. The van der Waals surface area contributed by atoms with Crippen LogP contribution in [0, 0.1) is 0 Å². The molecule has 3 aromatic rings. The van der Waals surface area contributed by atoms with E-state index in [0.717, 1.165) is 57.0 Å². The van der Waals surface area contributed by atoms with Gasteiger partial charge in [-0.15, -0.1) is 11.3 Å². The Morgan fingerprint density at radius 2 is 1.97 bits per heavy atom. The Labute approximate surface area is 184 Å². The second-order valence-electron chi connectivity index (χ2n) is 8.56. The number of pyridine rings is 1. The molecule has 0 radical (unpaired) electrons. The molecule has 6 nitrogen and oxygen atoms in total. The largest absolute Gasteiger partial charge is 0.381 e. The third-order valence-electron chi connectivity index (χ3n) is 6.65. The number of hydrogen-bond acceptors (Lipinski definition) is 7. The Bertz CT molecular complexity index is 1150. The van der Waals surface area contributed by atoms with Gasteiger partial charge in [-0.25, -0.2) is 9.29 Å². The molecule has 3 aliphatic heterocycles. The molecule has 156 valence electrons. The van der Waals surface area contributed by atoms with Crippen molar-refractivity contribution < 1.29 is 4.79 Å². The van der Waals surface area contributed by atoms with Crippen LogP contribution in [-0.4, -0.2) is 59.2 Å². The highest BCUT2D eigenvalue weighted by Gasteiger charge is 2.40. The monoisotopic (exact) mass is 439 g/mol. The highest BCUT2D eigenvalue weighted by molar-refractivity contribution is 7.96. The summed E-state index contributed by atoms with van der Waals surface area (Å²) in [5.74, 6) is 1.11. The lowest BCUT2D eigenvalue weighted by atomic mass is 10.1. The number of fused-ring (bicyclic) bond motifs is 7. The molecule has 2 saturated heterocycles. The minimum atomic E-state index is 0.0182. The van der Waals surface area contributed by atoms with E-state index in [1.165, 1.54) is 12.8 Å². The molecule has 2 N–H and O–H groups in total. The fourth-order valence-corrected chi connectivity index (χ4v) is 6.99. The average molecular weight is 440 g/mol. The molecule has 8 heteroatoms. The normalized spacial score (nSPS) is 26.5. The van der Waals surface area contributed by atoms with Crippen LogP contribution in [0.5, 0.6) is 0 Å². The summed E-state index contributed by atoms with van der Waals surface area (Å²) in [7, 11) is 0. The number of thiophene rings is 1. The Kier molecular flexibility index (Phi) is 4.37. The van der Waals surface area contributed by atoms with Gasteiger partial charge in [-0.05, 0) is 50.3 Å². The number of carbonyl (C=O) groups excluding carboxylic acids is 1. The first-order valence-electron chi connectivity index (χ1n) is 10.6. The van der Waals surface area contributed by atoms with E-state index in [2.05, 4.69) is 50.4 Å². The van der Waals surface area contributed by atoms with Crippen LogP contribution in [0.4, 0.5) is 11.5 Å². The second-order valence-corrected chi connectivity index (χ2v) is 10.5. The molecule has 5 heterocycles. The van der Waals surface area contributed by atoms with E-state index in [0.29, 0.717) is 12.1 Å². The van der Waals surface area contributed by atoms with Gasteiger partial charge in [0.2, 0.25) is 0 Å². The minimum Gasteiger partial charge on any atom is -0.381 e. The van der Waals surface area contributed by atoms with Crippen LogP contribution in [0.3, 0.4) is 0 Å². The molecule has 3 aliphatic rings. The number of aromatic nitrogens is 1. The zero-order valence-electron chi connectivity index (χ0n) is 17.1. The van der Waals surface area contributed by atoms with E-state index in [4.69, 9.17) is 4.98 Å². The molecule has 2 aromatic heterocycles. The Morgan fingerprint density at radius 1 is 1.17 bits per heavy atom. The Morgan fingerprint density at radius 3 is 2.73 bits per heavy atom. The van der Waals surface area contributed by atoms with Gasteiger partial charge in [0.15, 0.2) is 0 Å². The lowest BCUT2D eigenvalue weighted by molar-refractivity contribution is 0.0949. The van der Waals surface area contributed by atoms with Crippen LogP contribution in [0.1, 0.15) is 29.4 Å². The van der Waals surface area contributed by atoms with Crippen LogP contribution >= 0.6 is 23.3 Å². The first kappa shape index (κ1) is 18.7. The number of benzene rings is 1. The highest BCUT2D eigenvalue weighted by atomic mass is 32.2. The summed E-state index contributed by atoms with van der Waals surface area (Å²) in [4.78, 5) is 21.1. The van der Waals surface area contributed by atoms with Crippen LogP contribution in [0.25, 0.3) is 21.0 Å². The topological polar surface area (TPSA) is 60.5 Å². The van der Waals surface area contributed by atoms with Crippen molar-refractivity contribution in [2.75, 3.05) is 36.1 Å². The van der Waals surface area contributed by atoms with Crippen molar-refractivity contribution in [1.82, 2.24) is 14.6 Å². The summed E-state index contributed by atoms with van der Waals surface area (Å²) < 4.78 is 3.62. The maximum Gasteiger partial charge on any atom is 0.263 e. The zero-order chi connectivity index (χ0) is 20.4. The lowest BCUT2D eigenvalue weighted by Crippen LogP contribution is -2.51. The van der Waals surface area contributed by atoms with E-state index < -0.39 is 0 Å². The van der Waals surface area contributed by atoms with Crippen molar-refractivity contribution in [3.05, 3.63) is 29.1 Å². The minimum absolute atomic E-state index is 0.0182. The van der Waals surface area contributed by atoms with Gasteiger partial charge in [0.1, 0.15) is 10.7 Å². The Balaban J connectivity index is 1.44. The van der Waals surface area contributed by atoms with Crippen molar-refractivity contribution in [2.24, 2.45) is 0 Å². The first-order chi connectivity index (χ1) is 14.6. The molecule has 2 bridgehead atoms. The first-order valence-corrected chi connectivity index (χ1v) is 12.6. The molecule has 6 rings (SSSR count). The summed E-state index contributed by atoms with van der Waals surface area (Å²) in [5, 5.41) is 8.83. The van der Waals surface area contributed by atoms with Crippen molar-refractivity contribution in [1.29, 1.82) is 0 Å². The number of nitrogens with one attached hydrogen (secondary N) is 2. The van der Waals surface area contributed by atoms with E-state index in [9.17, 15) is 4.79 Å². The lowest BCUT2D eigenvalue weighted by Gasteiger charge is -2.40. The highest BCUT2D eigenvalue weighted by Crippen LogP contribution is 2.42. The van der Waals surface area contributed by atoms with Crippen molar-refractivity contribution in [3.63, 3.8) is 0 Å². The predicted molar refractivity (Wildman–Crippen MR) is 127 cm³/mol. The number of rotatable bonds is 2. The van der Waals surface area contributed by atoms with Crippen molar-refractivity contribution >= 4 is 61.7 Å². The molecule has 2 fully saturated rings. The summed E-state index contributed by atoms with van der Waals surface area (Å²) >= 11 is 3.42. The van der Waals surface area contributed by atoms with Gasteiger partial charge in [-0.3, -0.25) is 4.79 Å². The molecule has 1 aromatic carbocycles. The second kappa shape index (κ2) is 7.00. The van der Waals surface area contributed by atoms with E-state index >= 15 is 0 Å². The number of carbonyl (C=O) groups is 1. The van der Waals surface area contributed by atoms with Gasteiger partial charge >= 0.3 is 0 Å². The third kappa shape index (κ3) is 2.81. The van der Waals surface area contributed by atoms with Gasteiger partial charge in [-0.1, -0.05) is 11.9 Å². The quantitative estimate of drug-likeness (QED) is 0.590. The molecule has 0 saturated carbocycles. The maximum absolute atomic E-state index is 12.6. The van der Waals surface area contributed by atoms with E-state index in [1.54, 1.807) is 11.3 Å². The van der Waals surface area contributed by atoms with E-state index in [-0.39, 0.29) is 11.9 Å². The van der Waals surface area contributed by atoms with Gasteiger partial charge < -0.3 is 15.5 Å². The summed E-state index contributed by atoms with van der Waals surface area (Å²) in [6.07, 6.45) is 4.67. The van der Waals surface area contributed by atoms with Gasteiger partial charge in [0.05, 0.1) is 11.2 Å². The molecule has 3 atom stereocenters. The molecular formula is C22H25N5OS2. The standard InChI is InChI=1S/C22H25N5OS2/c1-12-9-23-20-19-15-5-8-18(27-13-3-4-14(27)11-26(10-13)29-2)25-16(15)6-7-17(19)30-21(20)22(28)24-12/h5-8,12-14,23H,3-4,9-11H2,1-2H3,(H,24,28)/t12-,13?,14?/m1/s1. The smallest absolute Gasteiger partial charge is 0.263 e. The summed E-state index contributed by atoms with van der Waals surface area (Å²) in [6, 6.07) is 9.84. The molecule has 30 heavy (non-hydrogen) atoms. The molecule has 1 amide bonds. The van der Waals surface area contributed by atoms with Crippen molar-refractivity contribution in [3.8, 4) is 0 Å². The van der Waals surface area contributed by atoms with Gasteiger partial charge in [-0.2, -0.15) is 0 Å². The molecule has 2 unspecified atom stereocenters. The number of anilines is 2. The SMILES string of the molecule is CSN1CC2CCC(C1)N2c1ccc2c(ccc3sc4c(c32)NC[C@@H](C)NC4=O)n1. The van der Waals surface area contributed by atoms with Gasteiger partial charge in [0, 0.05) is 53.2 Å². The average Bonchev–Trinajstić information content (AvgIpc) is 3.21. The fraction of sp³-hybridized carbons (Fsp3) is 0.455. The van der Waals surface area contributed by atoms with Crippen LogP contribution in [0.2, 0.25) is 0 Å². The fourth-order valence-electron chi connectivity index (χ4n) is 5.25. The van der Waals surface area contributed by atoms with E-state index in [1.807, 2.05) is 18.9 Å². The maximum atomic E-state index is 12.6. The number of piperazine rings is 1. The van der Waals surface area contributed by atoms with Crippen molar-refractivity contribution in [2.45, 2.75) is 37.9 Å². The molecule has 0 aliphatic carbocycles. The molecule has 0 spiro atoms. The van der Waals surface area contributed by atoms with Crippen LogP contribution in [-0.2, 0) is 0 Å². The number of amides is 1. The predicted octanol–water partition coefficient (Wildman–Crippen LogP) is 3.92. The summed E-state index contributed by atoms with van der Waals surface area (Å²) in [5.41, 5.74) is 1.97. The van der Waals surface area contributed by atoms with Crippen LogP contribution in [0.15, 0.2) is 24.3 Å².